The van der Waals surface area contributed by atoms with Gasteiger partial charge in [-0.1, -0.05) is 6.07 Å². The maximum Gasteiger partial charge on any atom is 0.240 e. The van der Waals surface area contributed by atoms with Crippen LogP contribution in [-0.2, 0) is 20.7 Å². The van der Waals surface area contributed by atoms with E-state index in [1.54, 1.807) is 18.5 Å². The first-order valence-electron chi connectivity index (χ1n) is 7.42. The lowest BCUT2D eigenvalue weighted by Crippen LogP contribution is -2.44. The second-order valence-electron chi connectivity index (χ2n) is 6.59. The van der Waals surface area contributed by atoms with Crippen molar-refractivity contribution in [3.63, 3.8) is 0 Å². The maximum atomic E-state index is 12.5. The van der Waals surface area contributed by atoms with Crippen LogP contribution in [0.3, 0.4) is 0 Å². The average molecular weight is 305 g/mol. The second-order valence-corrected chi connectivity index (χ2v) is 6.59. The standard InChI is InChI=1S/C16H23N3O3/c1-16(2,3)22-12-8-13(15(17)21)19(10-12)14(20)7-11-5-4-6-18-9-11/h4-6,9,12-13H,7-8,10H2,1-3H3,(H2,17,21). The van der Waals surface area contributed by atoms with Gasteiger partial charge in [0.25, 0.3) is 0 Å². The fourth-order valence-corrected chi connectivity index (χ4v) is 2.71. The van der Waals surface area contributed by atoms with Crippen LogP contribution in [0.5, 0.6) is 0 Å². The Morgan fingerprint density at radius 1 is 1.45 bits per heavy atom. The van der Waals surface area contributed by atoms with Crippen LogP contribution < -0.4 is 5.73 Å². The minimum Gasteiger partial charge on any atom is -0.371 e. The molecule has 2 N–H and O–H groups in total. The molecule has 1 aliphatic rings. The van der Waals surface area contributed by atoms with Gasteiger partial charge in [-0.05, 0) is 32.4 Å². The molecule has 0 aliphatic carbocycles. The number of amides is 2. The number of aromatic nitrogens is 1. The zero-order valence-electron chi connectivity index (χ0n) is 13.3. The number of nitrogens with zero attached hydrogens (tertiary/aromatic N) is 2. The topological polar surface area (TPSA) is 85.5 Å². The van der Waals surface area contributed by atoms with E-state index in [0.717, 1.165) is 5.56 Å². The summed E-state index contributed by atoms with van der Waals surface area (Å²) >= 11 is 0. The van der Waals surface area contributed by atoms with Crippen LogP contribution in [0.4, 0.5) is 0 Å². The minimum atomic E-state index is -0.600. The first-order valence-corrected chi connectivity index (χ1v) is 7.42. The molecule has 0 bridgehead atoms. The number of carbonyl (C=O) groups is 2. The first kappa shape index (κ1) is 16.4. The van der Waals surface area contributed by atoms with Crippen LogP contribution in [0, 0.1) is 0 Å². The third-order valence-electron chi connectivity index (χ3n) is 3.51. The van der Waals surface area contributed by atoms with E-state index in [1.165, 1.54) is 4.90 Å². The zero-order chi connectivity index (χ0) is 16.3. The molecule has 2 atom stereocenters. The largest absolute Gasteiger partial charge is 0.371 e. The second kappa shape index (κ2) is 6.44. The zero-order valence-corrected chi connectivity index (χ0v) is 13.3. The fraction of sp³-hybridized carbons (Fsp3) is 0.562. The SMILES string of the molecule is CC(C)(C)OC1CC(C(N)=O)N(C(=O)Cc2cccnc2)C1. The van der Waals surface area contributed by atoms with Gasteiger partial charge in [0.1, 0.15) is 6.04 Å². The van der Waals surface area contributed by atoms with E-state index >= 15 is 0 Å². The van der Waals surface area contributed by atoms with Gasteiger partial charge < -0.3 is 15.4 Å². The molecule has 22 heavy (non-hydrogen) atoms. The number of nitrogens with two attached hydrogens (primary N) is 1. The molecule has 1 aliphatic heterocycles. The smallest absolute Gasteiger partial charge is 0.240 e. The Hall–Kier alpha value is -1.95. The van der Waals surface area contributed by atoms with E-state index in [4.69, 9.17) is 10.5 Å². The molecule has 2 rings (SSSR count). The van der Waals surface area contributed by atoms with Gasteiger partial charge in [-0.15, -0.1) is 0 Å². The molecule has 2 unspecified atom stereocenters. The summed E-state index contributed by atoms with van der Waals surface area (Å²) in [5, 5.41) is 0. The summed E-state index contributed by atoms with van der Waals surface area (Å²) in [5.74, 6) is -0.614. The molecule has 1 saturated heterocycles. The summed E-state index contributed by atoms with van der Waals surface area (Å²) in [7, 11) is 0. The van der Waals surface area contributed by atoms with E-state index in [2.05, 4.69) is 4.98 Å². The van der Waals surface area contributed by atoms with Crippen molar-refractivity contribution in [1.82, 2.24) is 9.88 Å². The highest BCUT2D eigenvalue weighted by Crippen LogP contribution is 2.25. The van der Waals surface area contributed by atoms with Crippen LogP contribution in [0.1, 0.15) is 32.8 Å². The lowest BCUT2D eigenvalue weighted by molar-refractivity contribution is -0.137. The molecule has 120 valence electrons. The van der Waals surface area contributed by atoms with Gasteiger partial charge in [0.2, 0.25) is 11.8 Å². The number of primary amides is 1. The molecule has 0 radical (unpaired) electrons. The summed E-state index contributed by atoms with van der Waals surface area (Å²) in [4.78, 5) is 29.6. The lowest BCUT2D eigenvalue weighted by Gasteiger charge is -2.25. The highest BCUT2D eigenvalue weighted by Gasteiger charge is 2.40. The molecular weight excluding hydrogens is 282 g/mol. The first-order chi connectivity index (χ1) is 10.3. The van der Waals surface area contributed by atoms with E-state index < -0.39 is 11.9 Å². The van der Waals surface area contributed by atoms with Crippen molar-refractivity contribution in [3.8, 4) is 0 Å². The van der Waals surface area contributed by atoms with Crippen LogP contribution >= 0.6 is 0 Å². The lowest BCUT2D eigenvalue weighted by atomic mass is 10.1. The van der Waals surface area contributed by atoms with Gasteiger partial charge in [0.15, 0.2) is 0 Å². The molecular formula is C16H23N3O3. The Kier molecular flexibility index (Phi) is 4.81. The number of carbonyl (C=O) groups excluding carboxylic acids is 2. The van der Waals surface area contributed by atoms with Gasteiger partial charge >= 0.3 is 0 Å². The van der Waals surface area contributed by atoms with Crippen molar-refractivity contribution in [1.29, 1.82) is 0 Å². The molecule has 0 spiro atoms. The Labute approximate surface area is 130 Å². The van der Waals surface area contributed by atoms with E-state index in [-0.39, 0.29) is 24.0 Å². The number of ether oxygens (including phenoxy) is 1. The van der Waals surface area contributed by atoms with E-state index in [0.29, 0.717) is 13.0 Å². The van der Waals surface area contributed by atoms with Crippen LogP contribution in [-0.4, -0.2) is 46.0 Å². The molecule has 6 heteroatoms. The Morgan fingerprint density at radius 2 is 2.18 bits per heavy atom. The third kappa shape index (κ3) is 4.27. The number of hydrogen-bond acceptors (Lipinski definition) is 4. The van der Waals surface area contributed by atoms with Crippen LogP contribution in [0.15, 0.2) is 24.5 Å². The van der Waals surface area contributed by atoms with E-state index in [1.807, 2.05) is 26.8 Å². The Balaban J connectivity index is 2.06. The summed E-state index contributed by atoms with van der Waals surface area (Å²) in [6.45, 7) is 6.25. The third-order valence-corrected chi connectivity index (χ3v) is 3.51. The van der Waals surface area contributed by atoms with Gasteiger partial charge in [0, 0.05) is 25.4 Å². The fourth-order valence-electron chi connectivity index (χ4n) is 2.71. The molecule has 0 saturated carbocycles. The molecule has 2 amide bonds. The molecule has 1 aromatic rings. The van der Waals surface area contributed by atoms with Gasteiger partial charge in [-0.25, -0.2) is 0 Å². The average Bonchev–Trinajstić information content (AvgIpc) is 2.82. The summed E-state index contributed by atoms with van der Waals surface area (Å²) in [5.41, 5.74) is 5.94. The summed E-state index contributed by atoms with van der Waals surface area (Å²) in [6.07, 6.45) is 3.79. The number of rotatable bonds is 4. The van der Waals surface area contributed by atoms with Crippen molar-refractivity contribution in [2.45, 2.75) is 51.4 Å². The number of likely N-dealkylation sites (tertiary alicyclic amines) is 1. The maximum absolute atomic E-state index is 12.5. The highest BCUT2D eigenvalue weighted by molar-refractivity contribution is 5.88. The molecule has 6 nitrogen and oxygen atoms in total. The van der Waals surface area contributed by atoms with Gasteiger partial charge in [0.05, 0.1) is 18.1 Å². The van der Waals surface area contributed by atoms with Crippen molar-refractivity contribution in [2.24, 2.45) is 5.73 Å². The summed E-state index contributed by atoms with van der Waals surface area (Å²) < 4.78 is 5.90. The van der Waals surface area contributed by atoms with Gasteiger partial charge in [-0.2, -0.15) is 0 Å². The predicted octanol–water partition coefficient (Wildman–Crippen LogP) is 0.894. The Morgan fingerprint density at radius 3 is 2.73 bits per heavy atom. The van der Waals surface area contributed by atoms with Gasteiger partial charge in [-0.3, -0.25) is 14.6 Å². The van der Waals surface area contributed by atoms with Crippen molar-refractivity contribution in [2.75, 3.05) is 6.54 Å². The Bertz CT molecular complexity index is 539. The molecule has 1 aromatic heterocycles. The van der Waals surface area contributed by atoms with Crippen molar-refractivity contribution < 1.29 is 14.3 Å². The quantitative estimate of drug-likeness (QED) is 0.895. The van der Waals surface area contributed by atoms with Crippen molar-refractivity contribution in [3.05, 3.63) is 30.1 Å². The van der Waals surface area contributed by atoms with Crippen LogP contribution in [0.25, 0.3) is 0 Å². The molecule has 0 aromatic carbocycles. The van der Waals surface area contributed by atoms with Crippen molar-refractivity contribution >= 4 is 11.8 Å². The normalized spacial score (nSPS) is 21.9. The number of pyridine rings is 1. The molecule has 2 heterocycles. The highest BCUT2D eigenvalue weighted by atomic mass is 16.5. The summed E-state index contributed by atoms with van der Waals surface area (Å²) in [6, 6.07) is 3.02. The minimum absolute atomic E-state index is 0.128. The predicted molar refractivity (Wildman–Crippen MR) is 81.9 cm³/mol. The van der Waals surface area contributed by atoms with E-state index in [9.17, 15) is 9.59 Å². The van der Waals surface area contributed by atoms with Crippen LogP contribution in [0.2, 0.25) is 0 Å². The molecule has 1 fully saturated rings. The number of hydrogen-bond donors (Lipinski definition) is 1. The monoisotopic (exact) mass is 305 g/mol.